The Kier molecular flexibility index (Phi) is 16.3. The summed E-state index contributed by atoms with van der Waals surface area (Å²) in [4.78, 5) is 0. The molecule has 31 heavy (non-hydrogen) atoms. The predicted octanol–water partition coefficient (Wildman–Crippen LogP) is 10.5. The maximum absolute atomic E-state index is 7.11. The Morgan fingerprint density at radius 2 is 0.968 bits per heavy atom. The highest BCUT2D eigenvalue weighted by atomic mass is 35.6. The largest absolute Gasteiger partial charge is 0.439 e. The molecule has 0 amide bonds. The van der Waals surface area contributed by atoms with Crippen LogP contribution in [-0.4, -0.2) is 37.3 Å². The average Bonchev–Trinajstić information content (AvgIpc) is 2.64. The average molecular weight is 673 g/mol. The lowest BCUT2D eigenvalue weighted by molar-refractivity contribution is 0.362. The van der Waals surface area contributed by atoms with Crippen LogP contribution >= 0.6 is 104 Å². The summed E-state index contributed by atoms with van der Waals surface area (Å²) in [5.74, 6) is 0. The van der Waals surface area contributed by atoms with E-state index in [0.717, 1.165) is 24.2 Å². The van der Waals surface area contributed by atoms with E-state index < -0.39 is 37.3 Å². The smallest absolute Gasteiger partial charge is 0.317 e. The van der Waals surface area contributed by atoms with Crippen LogP contribution in [-0.2, 0) is 8.23 Å². The molecule has 0 radical (unpaired) electrons. The van der Waals surface area contributed by atoms with Crippen LogP contribution in [0.2, 0.25) is 42.3 Å². The molecule has 14 heteroatoms. The third-order valence-electron chi connectivity index (χ3n) is 5.43. The molecule has 0 heterocycles. The zero-order valence-electron chi connectivity index (χ0n) is 18.4. The zero-order chi connectivity index (χ0) is 24.6. The van der Waals surface area contributed by atoms with Crippen molar-refractivity contribution in [3.63, 3.8) is 0 Å². The van der Waals surface area contributed by atoms with Gasteiger partial charge in [-0.15, -0.1) is 0 Å². The van der Waals surface area contributed by atoms with Gasteiger partial charge in [0.2, 0.25) is 0 Å². The van der Waals surface area contributed by atoms with Crippen LogP contribution in [0.3, 0.4) is 0 Å². The van der Waals surface area contributed by atoms with Gasteiger partial charge in [-0.1, -0.05) is 132 Å². The van der Waals surface area contributed by atoms with E-state index >= 15 is 0 Å². The van der Waals surface area contributed by atoms with Crippen LogP contribution in [0.25, 0.3) is 0 Å². The summed E-state index contributed by atoms with van der Waals surface area (Å²) >= 11 is 55.0. The van der Waals surface area contributed by atoms with E-state index in [-0.39, 0.29) is 0 Å². The van der Waals surface area contributed by atoms with Crippen molar-refractivity contribution in [1.29, 1.82) is 0 Å². The van der Waals surface area contributed by atoms with Crippen LogP contribution in [0.1, 0.15) is 47.0 Å². The van der Waals surface area contributed by atoms with Gasteiger partial charge < -0.3 is 8.23 Å². The Bertz CT molecular complexity index is 485. The van der Waals surface area contributed by atoms with Crippen molar-refractivity contribution >= 4 is 130 Å². The lowest BCUT2D eigenvalue weighted by atomic mass is 10.5. The zero-order valence-corrected chi connectivity index (χ0v) is 28.3. The van der Waals surface area contributed by atoms with E-state index in [4.69, 9.17) is 113 Å². The lowest BCUT2D eigenvalue weighted by Gasteiger charge is -2.44. The van der Waals surface area contributed by atoms with Crippen LogP contribution < -0.4 is 0 Å². The molecule has 2 nitrogen and oxygen atoms in total. The van der Waals surface area contributed by atoms with E-state index in [1.165, 1.54) is 0 Å². The maximum atomic E-state index is 7.11. The van der Waals surface area contributed by atoms with Gasteiger partial charge in [-0.05, 0) is 61.6 Å². The molecule has 0 N–H and O–H groups in total. The van der Waals surface area contributed by atoms with Crippen molar-refractivity contribution in [3.05, 3.63) is 0 Å². The van der Waals surface area contributed by atoms with Crippen molar-refractivity contribution in [3.8, 4) is 0 Å². The first-order chi connectivity index (χ1) is 13.9. The highest BCUT2D eigenvalue weighted by Crippen LogP contribution is 2.43. The molecule has 0 aliphatic rings. The summed E-state index contributed by atoms with van der Waals surface area (Å²) < 4.78 is 9.80. The molecular weight excluding hydrogens is 640 g/mol. The van der Waals surface area contributed by atoms with Crippen LogP contribution in [0, 0.1) is 0 Å². The molecule has 0 bridgehead atoms. The standard InChI is InChI=1S/C17H33Cl9O2Si3/c1-5-29(6-2)27-31(13-10-16(21,22)23,14-11-17(24,25)26)28-30(7-3,8-4)12-9-15(18,19)20/h29H,5-14H2,1-4H3. The van der Waals surface area contributed by atoms with Crippen molar-refractivity contribution in [2.24, 2.45) is 0 Å². The highest BCUT2D eigenvalue weighted by Gasteiger charge is 2.49. The van der Waals surface area contributed by atoms with Crippen molar-refractivity contribution in [2.75, 3.05) is 0 Å². The fourth-order valence-corrected chi connectivity index (χ4v) is 20.9. The fourth-order valence-electron chi connectivity index (χ4n) is 3.36. The predicted molar refractivity (Wildman–Crippen MR) is 152 cm³/mol. The molecule has 0 aromatic carbocycles. The maximum Gasteiger partial charge on any atom is 0.317 e. The Hall–Kier alpha value is 3.18. The molecule has 0 aliphatic carbocycles. The fraction of sp³-hybridized carbons (Fsp3) is 1.00. The summed E-state index contributed by atoms with van der Waals surface area (Å²) in [5, 5.41) is 0. The molecule has 0 spiro atoms. The minimum absolute atomic E-state index is 0.306. The third kappa shape index (κ3) is 15.8. The summed E-state index contributed by atoms with van der Waals surface area (Å²) in [7, 11) is -6.76. The third-order valence-corrected chi connectivity index (χ3v) is 21.0. The van der Waals surface area contributed by atoms with Crippen molar-refractivity contribution in [2.45, 2.75) is 101 Å². The van der Waals surface area contributed by atoms with Gasteiger partial charge in [-0.2, -0.15) is 0 Å². The number of hydrogen-bond acceptors (Lipinski definition) is 2. The van der Waals surface area contributed by atoms with Gasteiger partial charge in [0.1, 0.15) is 0 Å². The second kappa shape index (κ2) is 14.8. The molecule has 188 valence electrons. The summed E-state index contributed by atoms with van der Waals surface area (Å²) in [6.45, 7) is 8.50. The molecule has 0 unspecified atom stereocenters. The lowest BCUT2D eigenvalue weighted by Crippen LogP contribution is -2.56. The number of rotatable bonds is 14. The molecule has 0 saturated carbocycles. The Labute approximate surface area is 237 Å². The molecule has 0 aromatic heterocycles. The first-order valence-electron chi connectivity index (χ1n) is 10.5. The van der Waals surface area contributed by atoms with Gasteiger partial charge in [0.25, 0.3) is 0 Å². The van der Waals surface area contributed by atoms with Crippen molar-refractivity contribution < 1.29 is 8.23 Å². The van der Waals surface area contributed by atoms with Gasteiger partial charge in [-0.25, -0.2) is 0 Å². The molecule has 0 fully saturated rings. The molecule has 0 saturated heterocycles. The molecular formula is C17H33Cl9O2Si3. The number of alkyl halides is 9. The Morgan fingerprint density at radius 1 is 0.613 bits per heavy atom. The van der Waals surface area contributed by atoms with Gasteiger partial charge >= 0.3 is 8.56 Å². The Morgan fingerprint density at radius 3 is 1.26 bits per heavy atom. The summed E-state index contributed by atoms with van der Waals surface area (Å²) in [6, 6.07) is 5.37. The molecule has 0 aromatic rings. The number of hydrogen-bond donors (Lipinski definition) is 0. The van der Waals surface area contributed by atoms with Gasteiger partial charge in [-0.3, -0.25) is 0 Å². The van der Waals surface area contributed by atoms with Crippen LogP contribution in [0.15, 0.2) is 0 Å². The van der Waals surface area contributed by atoms with Gasteiger partial charge in [0.15, 0.2) is 28.7 Å². The topological polar surface area (TPSA) is 18.5 Å². The van der Waals surface area contributed by atoms with Gasteiger partial charge in [0, 0.05) is 0 Å². The Balaban J connectivity index is 6.16. The summed E-state index contributed by atoms with van der Waals surface area (Å²) in [5.41, 5.74) is 0. The van der Waals surface area contributed by atoms with E-state index in [9.17, 15) is 0 Å². The van der Waals surface area contributed by atoms with E-state index in [1.54, 1.807) is 0 Å². The molecule has 0 aliphatic heterocycles. The van der Waals surface area contributed by atoms with Crippen LogP contribution in [0.4, 0.5) is 0 Å². The van der Waals surface area contributed by atoms with Crippen LogP contribution in [0.5, 0.6) is 0 Å². The summed E-state index contributed by atoms with van der Waals surface area (Å²) in [6.07, 6.45) is 1.02. The van der Waals surface area contributed by atoms with E-state index in [2.05, 4.69) is 27.7 Å². The SMILES string of the molecule is CC[SiH](CC)O[Si](CCC(Cl)(Cl)Cl)(CCC(Cl)(Cl)Cl)O[Si](CC)(CC)CCC(Cl)(Cl)Cl. The van der Waals surface area contributed by atoms with E-state index in [1.807, 2.05) is 0 Å². The minimum Gasteiger partial charge on any atom is -0.439 e. The second-order valence-corrected chi connectivity index (χ2v) is 27.1. The minimum atomic E-state index is -2.91. The van der Waals surface area contributed by atoms with Crippen molar-refractivity contribution in [1.82, 2.24) is 0 Å². The second-order valence-electron chi connectivity index (χ2n) is 7.80. The monoisotopic (exact) mass is 668 g/mol. The molecule has 0 atom stereocenters. The highest BCUT2D eigenvalue weighted by molar-refractivity contribution is 6.87. The van der Waals surface area contributed by atoms with E-state index in [0.29, 0.717) is 37.4 Å². The molecule has 0 rings (SSSR count). The number of halogens is 9. The normalized spacial score (nSPS) is 14.5. The van der Waals surface area contributed by atoms with Gasteiger partial charge in [0.05, 0.1) is 0 Å². The quantitative estimate of drug-likeness (QED) is 0.135. The first kappa shape index (κ1) is 34.2. The first-order valence-corrected chi connectivity index (χ1v) is 20.8.